The van der Waals surface area contributed by atoms with E-state index in [-0.39, 0.29) is 11.5 Å². The number of hydrogen-bond acceptors (Lipinski definition) is 6. The minimum absolute atomic E-state index is 0.223. The predicted molar refractivity (Wildman–Crippen MR) is 96.0 cm³/mol. The highest BCUT2D eigenvalue weighted by Gasteiger charge is 2.50. The smallest absolute Gasteiger partial charge is 0.310 e. The first kappa shape index (κ1) is 17.0. The number of fused-ring (bicyclic) bond motifs is 1. The van der Waals surface area contributed by atoms with E-state index in [0.29, 0.717) is 11.3 Å². The van der Waals surface area contributed by atoms with Crippen LogP contribution in [0.5, 0.6) is 0 Å². The van der Waals surface area contributed by atoms with Crippen molar-refractivity contribution >= 4 is 34.6 Å². The number of esters is 1. The van der Waals surface area contributed by atoms with Crippen molar-refractivity contribution in [1.82, 2.24) is 0 Å². The van der Waals surface area contributed by atoms with E-state index < -0.39 is 23.1 Å². The largest absolute Gasteiger partial charge is 0.464 e. The molecule has 1 fully saturated rings. The van der Waals surface area contributed by atoms with E-state index in [4.69, 9.17) is 9.47 Å². The molecule has 6 heteroatoms. The van der Waals surface area contributed by atoms with Crippen LogP contribution in [0, 0.1) is 5.92 Å². The van der Waals surface area contributed by atoms with E-state index in [1.807, 2.05) is 16.8 Å². The Morgan fingerprint density at radius 1 is 1.27 bits per heavy atom. The van der Waals surface area contributed by atoms with Gasteiger partial charge in [0.1, 0.15) is 12.0 Å². The Bertz CT molecular complexity index is 868. The van der Waals surface area contributed by atoms with Gasteiger partial charge in [-0.05, 0) is 48.9 Å². The van der Waals surface area contributed by atoms with Gasteiger partial charge in [0.05, 0.1) is 11.5 Å². The zero-order valence-electron chi connectivity index (χ0n) is 14.3. The van der Waals surface area contributed by atoms with E-state index in [2.05, 4.69) is 0 Å². The van der Waals surface area contributed by atoms with E-state index in [1.165, 1.54) is 30.6 Å². The summed E-state index contributed by atoms with van der Waals surface area (Å²) in [4.78, 5) is 37.9. The Labute approximate surface area is 155 Å². The number of allylic oxidation sites excluding steroid dienone is 2. The number of thiophene rings is 1. The molecule has 26 heavy (non-hydrogen) atoms. The summed E-state index contributed by atoms with van der Waals surface area (Å²) >= 11 is 1.53. The average molecular weight is 370 g/mol. The zero-order valence-corrected chi connectivity index (χ0v) is 15.1. The molecule has 1 saturated carbocycles. The topological polar surface area (TPSA) is 69.7 Å². The number of rotatable bonds is 3. The molecule has 0 radical (unpaired) electrons. The molecule has 5 nitrogen and oxygen atoms in total. The Hall–Kier alpha value is -2.47. The van der Waals surface area contributed by atoms with Crippen LogP contribution in [0.2, 0.25) is 0 Å². The lowest BCUT2D eigenvalue weighted by Crippen LogP contribution is -2.51. The lowest BCUT2D eigenvalue weighted by Gasteiger charge is -2.32. The summed E-state index contributed by atoms with van der Waals surface area (Å²) in [5.41, 5.74) is -0.189. The van der Waals surface area contributed by atoms with Gasteiger partial charge in [-0.2, -0.15) is 11.3 Å². The van der Waals surface area contributed by atoms with Crippen LogP contribution < -0.4 is 0 Å². The van der Waals surface area contributed by atoms with Crippen molar-refractivity contribution in [3.8, 4) is 0 Å². The van der Waals surface area contributed by atoms with E-state index >= 15 is 0 Å². The van der Waals surface area contributed by atoms with Gasteiger partial charge in [-0.25, -0.2) is 0 Å². The lowest BCUT2D eigenvalue weighted by molar-refractivity contribution is -0.172. The van der Waals surface area contributed by atoms with Gasteiger partial charge in [-0.15, -0.1) is 0 Å². The van der Waals surface area contributed by atoms with Crippen LogP contribution in [-0.2, 0) is 23.9 Å². The number of carbonyl (C=O) groups is 3. The average Bonchev–Trinajstić information content (AvgIpc) is 3.33. The van der Waals surface area contributed by atoms with Crippen molar-refractivity contribution in [3.63, 3.8) is 0 Å². The Morgan fingerprint density at radius 2 is 2.04 bits per heavy atom. The molecule has 3 aliphatic rings. The zero-order chi connectivity index (χ0) is 18.3. The molecule has 1 atom stereocenters. The highest BCUT2D eigenvalue weighted by molar-refractivity contribution is 7.08. The maximum atomic E-state index is 12.9. The Morgan fingerprint density at radius 3 is 2.73 bits per heavy atom. The molecule has 1 unspecified atom stereocenters. The van der Waals surface area contributed by atoms with Crippen molar-refractivity contribution in [3.05, 3.63) is 52.0 Å². The molecular formula is C20H18O5S. The third-order valence-corrected chi connectivity index (χ3v) is 5.82. The minimum atomic E-state index is -1.81. The van der Waals surface area contributed by atoms with Gasteiger partial charge >= 0.3 is 5.97 Å². The fourth-order valence-corrected chi connectivity index (χ4v) is 4.14. The second-order valence-corrected chi connectivity index (χ2v) is 7.68. The molecule has 0 aromatic carbocycles. The third-order valence-electron chi connectivity index (χ3n) is 5.13. The summed E-state index contributed by atoms with van der Waals surface area (Å²) in [7, 11) is 0. The van der Waals surface area contributed by atoms with Gasteiger partial charge in [-0.3, -0.25) is 14.4 Å². The molecule has 2 heterocycles. The van der Waals surface area contributed by atoms with E-state index in [0.717, 1.165) is 31.2 Å². The highest BCUT2D eigenvalue weighted by Crippen LogP contribution is 2.37. The molecule has 1 aliphatic heterocycles. The van der Waals surface area contributed by atoms with Crippen LogP contribution in [0.1, 0.15) is 38.2 Å². The summed E-state index contributed by atoms with van der Waals surface area (Å²) in [6.45, 7) is 1.37. The summed E-state index contributed by atoms with van der Waals surface area (Å²) < 4.78 is 11.0. The minimum Gasteiger partial charge on any atom is -0.464 e. The van der Waals surface area contributed by atoms with Gasteiger partial charge in [0.25, 0.3) is 0 Å². The summed E-state index contributed by atoms with van der Waals surface area (Å²) in [5, 5.41) is 3.84. The summed E-state index contributed by atoms with van der Waals surface area (Å²) in [5.74, 6) is -1.15. The quantitative estimate of drug-likeness (QED) is 0.601. The van der Waals surface area contributed by atoms with E-state index in [9.17, 15) is 14.4 Å². The fourth-order valence-electron chi connectivity index (χ4n) is 3.49. The van der Waals surface area contributed by atoms with Crippen LogP contribution >= 0.6 is 11.3 Å². The number of hydrogen-bond donors (Lipinski definition) is 0. The van der Waals surface area contributed by atoms with Crippen molar-refractivity contribution in [2.75, 3.05) is 0 Å². The maximum Gasteiger partial charge on any atom is 0.310 e. The van der Waals surface area contributed by atoms with Crippen molar-refractivity contribution < 1.29 is 23.9 Å². The molecule has 0 saturated heterocycles. The third kappa shape index (κ3) is 2.74. The van der Waals surface area contributed by atoms with Crippen LogP contribution in [0.25, 0.3) is 5.76 Å². The summed E-state index contributed by atoms with van der Waals surface area (Å²) in [6.07, 6.45) is 7.81. The first-order valence-corrected chi connectivity index (χ1v) is 9.58. The monoisotopic (exact) mass is 370 g/mol. The number of ether oxygens (including phenoxy) is 2. The number of Topliss-reactive ketones (excluding diaryl/α,β-unsaturated/α-hetero) is 1. The maximum absolute atomic E-state index is 12.9. The lowest BCUT2D eigenvalue weighted by atomic mass is 9.80. The second kappa shape index (κ2) is 6.36. The molecule has 0 bridgehead atoms. The van der Waals surface area contributed by atoms with Crippen LogP contribution in [0.3, 0.4) is 0 Å². The second-order valence-electron chi connectivity index (χ2n) is 6.90. The molecule has 2 aliphatic carbocycles. The van der Waals surface area contributed by atoms with Crippen LogP contribution in [-0.4, -0.2) is 23.1 Å². The van der Waals surface area contributed by atoms with Gasteiger partial charge in [0.15, 0.2) is 0 Å². The molecule has 0 spiro atoms. The first-order valence-electron chi connectivity index (χ1n) is 8.64. The summed E-state index contributed by atoms with van der Waals surface area (Å²) in [6, 6.07) is 1.90. The first-order chi connectivity index (χ1) is 12.5. The van der Waals surface area contributed by atoms with Crippen molar-refractivity contribution in [2.45, 2.75) is 38.2 Å². The van der Waals surface area contributed by atoms with Crippen LogP contribution in [0.15, 0.2) is 46.4 Å². The predicted octanol–water partition coefficient (Wildman–Crippen LogP) is 3.57. The van der Waals surface area contributed by atoms with Gasteiger partial charge in [0, 0.05) is 10.9 Å². The normalized spacial score (nSPS) is 25.8. The fraction of sp³-hybridized carbons (Fsp3) is 0.350. The number of carbonyl (C=O) groups excluding carboxylic acids is 3. The molecule has 0 N–H and O–H groups in total. The standard InChI is InChI=1S/C20H18O5S/c1-20(25-19(23)12-4-2-3-5-12)17(21)9-14-8-16(13-6-7-26-11-13)24-10-15(14)18(20)22/h6-12H,2-5H2,1H3. The Balaban J connectivity index is 1.62. The SMILES string of the molecule is CC1(OC(=O)C2CCCC2)C(=O)C=C2C=C(c3ccsc3)OC=C2C1=O. The molecule has 134 valence electrons. The van der Waals surface area contributed by atoms with Crippen LogP contribution in [0.4, 0.5) is 0 Å². The molecule has 1 aromatic heterocycles. The highest BCUT2D eigenvalue weighted by atomic mass is 32.1. The van der Waals surface area contributed by atoms with Gasteiger partial charge < -0.3 is 9.47 Å². The molecule has 1 aromatic rings. The molecule has 0 amide bonds. The molecule has 4 rings (SSSR count). The van der Waals surface area contributed by atoms with E-state index in [1.54, 1.807) is 6.08 Å². The Kier molecular flexibility index (Phi) is 4.15. The molecular weight excluding hydrogens is 352 g/mol. The van der Waals surface area contributed by atoms with Gasteiger partial charge in [-0.1, -0.05) is 12.8 Å². The van der Waals surface area contributed by atoms with Crippen molar-refractivity contribution in [1.29, 1.82) is 0 Å². The number of ketones is 2. The van der Waals surface area contributed by atoms with Gasteiger partial charge in [0.2, 0.25) is 17.2 Å². The van der Waals surface area contributed by atoms with Crippen molar-refractivity contribution in [2.24, 2.45) is 5.92 Å².